The molecule has 17 heavy (non-hydrogen) atoms. The zero-order valence-electron chi connectivity index (χ0n) is 9.80. The van der Waals surface area contributed by atoms with Gasteiger partial charge in [0.25, 0.3) is 5.91 Å². The SMILES string of the molecule is C[C@H](NC(=O)c1cc(C2CC2)n(C)n1)C(=O)O. The molecule has 6 nitrogen and oxygen atoms in total. The van der Waals surface area contributed by atoms with Crippen LogP contribution in [-0.2, 0) is 11.8 Å². The smallest absolute Gasteiger partial charge is 0.325 e. The van der Waals surface area contributed by atoms with Crippen molar-refractivity contribution in [2.75, 3.05) is 0 Å². The molecule has 1 fully saturated rings. The Morgan fingerprint density at radius 3 is 2.76 bits per heavy atom. The number of carboxylic acid groups (broad SMARTS) is 1. The maximum Gasteiger partial charge on any atom is 0.325 e. The van der Waals surface area contributed by atoms with Crippen LogP contribution in [0.4, 0.5) is 0 Å². The fourth-order valence-corrected chi connectivity index (χ4v) is 1.69. The molecule has 6 heteroatoms. The second-order valence-corrected chi connectivity index (χ2v) is 4.39. The predicted octanol–water partition coefficient (Wildman–Crippen LogP) is 0.500. The summed E-state index contributed by atoms with van der Waals surface area (Å²) in [5.41, 5.74) is 1.32. The topological polar surface area (TPSA) is 84.2 Å². The molecule has 0 aromatic carbocycles. The summed E-state index contributed by atoms with van der Waals surface area (Å²) in [5, 5.41) is 15.2. The van der Waals surface area contributed by atoms with Gasteiger partial charge in [0.15, 0.2) is 0 Å². The number of amides is 1. The Morgan fingerprint density at radius 1 is 1.59 bits per heavy atom. The number of nitrogens with one attached hydrogen (secondary N) is 1. The molecule has 1 aromatic rings. The minimum Gasteiger partial charge on any atom is -0.480 e. The third-order valence-electron chi connectivity index (χ3n) is 2.86. The standard InChI is InChI=1S/C11H15N3O3/c1-6(11(16)17)12-10(15)8-5-9(7-3-4-7)14(2)13-8/h5-7H,3-4H2,1-2H3,(H,12,15)(H,16,17)/t6-/m0/s1. The van der Waals surface area contributed by atoms with Crippen LogP contribution in [0.3, 0.4) is 0 Å². The Bertz CT molecular complexity index is 463. The molecule has 1 aromatic heterocycles. The number of rotatable bonds is 4. The van der Waals surface area contributed by atoms with Crippen LogP contribution in [0.15, 0.2) is 6.07 Å². The first kappa shape index (κ1) is 11.6. The average Bonchev–Trinajstić information content (AvgIpc) is 3.02. The van der Waals surface area contributed by atoms with E-state index < -0.39 is 17.9 Å². The van der Waals surface area contributed by atoms with Crippen molar-refractivity contribution in [1.29, 1.82) is 0 Å². The van der Waals surface area contributed by atoms with Crippen molar-refractivity contribution in [1.82, 2.24) is 15.1 Å². The Labute approximate surface area is 98.6 Å². The number of carbonyl (C=O) groups is 2. The van der Waals surface area contributed by atoms with E-state index in [1.165, 1.54) is 6.92 Å². The lowest BCUT2D eigenvalue weighted by Crippen LogP contribution is -2.38. The number of aromatic nitrogens is 2. The summed E-state index contributed by atoms with van der Waals surface area (Å²) in [4.78, 5) is 22.3. The van der Waals surface area contributed by atoms with E-state index in [-0.39, 0.29) is 5.69 Å². The molecule has 1 amide bonds. The normalized spacial score (nSPS) is 16.6. The van der Waals surface area contributed by atoms with Crippen molar-refractivity contribution in [2.45, 2.75) is 31.7 Å². The second kappa shape index (κ2) is 4.20. The van der Waals surface area contributed by atoms with E-state index in [9.17, 15) is 9.59 Å². The fraction of sp³-hybridized carbons (Fsp3) is 0.545. The number of aliphatic carboxylic acids is 1. The highest BCUT2D eigenvalue weighted by Gasteiger charge is 2.28. The quantitative estimate of drug-likeness (QED) is 0.798. The highest BCUT2D eigenvalue weighted by Crippen LogP contribution is 2.39. The molecule has 1 aliphatic carbocycles. The van der Waals surface area contributed by atoms with Crippen LogP contribution in [0.25, 0.3) is 0 Å². The third-order valence-corrected chi connectivity index (χ3v) is 2.86. The molecule has 0 spiro atoms. The molecule has 0 aliphatic heterocycles. The van der Waals surface area contributed by atoms with Gasteiger partial charge in [-0.3, -0.25) is 14.3 Å². The van der Waals surface area contributed by atoms with Gasteiger partial charge >= 0.3 is 5.97 Å². The van der Waals surface area contributed by atoms with Gasteiger partial charge in [-0.25, -0.2) is 0 Å². The van der Waals surface area contributed by atoms with E-state index in [4.69, 9.17) is 5.11 Å². The van der Waals surface area contributed by atoms with Gasteiger partial charge in [0.05, 0.1) is 0 Å². The van der Waals surface area contributed by atoms with E-state index in [1.807, 2.05) is 0 Å². The van der Waals surface area contributed by atoms with Gasteiger partial charge < -0.3 is 10.4 Å². The molecular formula is C11H15N3O3. The zero-order valence-corrected chi connectivity index (χ0v) is 9.80. The Morgan fingerprint density at radius 2 is 2.24 bits per heavy atom. The van der Waals surface area contributed by atoms with Gasteiger partial charge in [-0.05, 0) is 25.8 Å². The zero-order chi connectivity index (χ0) is 12.6. The summed E-state index contributed by atoms with van der Waals surface area (Å²) in [6, 6.07) is 0.829. The minimum atomic E-state index is -1.06. The number of hydrogen-bond acceptors (Lipinski definition) is 3. The van der Waals surface area contributed by atoms with Crippen molar-refractivity contribution in [3.05, 3.63) is 17.5 Å². The van der Waals surface area contributed by atoms with Gasteiger partial charge in [0.1, 0.15) is 11.7 Å². The maximum absolute atomic E-state index is 11.7. The molecule has 0 unspecified atom stereocenters. The van der Waals surface area contributed by atoms with E-state index in [0.29, 0.717) is 5.92 Å². The van der Waals surface area contributed by atoms with Gasteiger partial charge in [-0.1, -0.05) is 0 Å². The van der Waals surface area contributed by atoms with Crippen LogP contribution in [0.2, 0.25) is 0 Å². The first-order valence-corrected chi connectivity index (χ1v) is 5.56. The second-order valence-electron chi connectivity index (χ2n) is 4.39. The van der Waals surface area contributed by atoms with E-state index >= 15 is 0 Å². The summed E-state index contributed by atoms with van der Waals surface area (Å²) in [6.45, 7) is 1.42. The van der Waals surface area contributed by atoms with Crippen LogP contribution in [0.1, 0.15) is 41.9 Å². The average molecular weight is 237 g/mol. The van der Waals surface area contributed by atoms with Gasteiger partial charge in [0.2, 0.25) is 0 Å². The van der Waals surface area contributed by atoms with Crippen LogP contribution in [0.5, 0.6) is 0 Å². The molecule has 1 saturated carbocycles. The molecule has 1 heterocycles. The first-order chi connectivity index (χ1) is 7.99. The fourth-order valence-electron chi connectivity index (χ4n) is 1.69. The van der Waals surface area contributed by atoms with Gasteiger partial charge in [-0.15, -0.1) is 0 Å². The third kappa shape index (κ3) is 2.46. The van der Waals surface area contributed by atoms with Crippen molar-refractivity contribution < 1.29 is 14.7 Å². The maximum atomic E-state index is 11.7. The number of hydrogen-bond donors (Lipinski definition) is 2. The lowest BCUT2D eigenvalue weighted by atomic mass is 10.2. The Kier molecular flexibility index (Phi) is 2.87. The van der Waals surface area contributed by atoms with Gasteiger partial charge in [0, 0.05) is 18.7 Å². The van der Waals surface area contributed by atoms with Crippen LogP contribution in [0, 0.1) is 0 Å². The summed E-state index contributed by atoms with van der Waals surface area (Å²) < 4.78 is 1.69. The Hall–Kier alpha value is -1.85. The highest BCUT2D eigenvalue weighted by atomic mass is 16.4. The summed E-state index contributed by atoms with van der Waals surface area (Å²) in [5.74, 6) is -0.995. The number of aryl methyl sites for hydroxylation is 1. The molecule has 0 saturated heterocycles. The van der Waals surface area contributed by atoms with Crippen LogP contribution in [-0.4, -0.2) is 32.8 Å². The molecule has 0 bridgehead atoms. The highest BCUT2D eigenvalue weighted by molar-refractivity contribution is 5.94. The van der Waals surface area contributed by atoms with Crippen molar-refractivity contribution in [3.8, 4) is 0 Å². The lowest BCUT2D eigenvalue weighted by Gasteiger charge is -2.06. The molecule has 1 aliphatic rings. The summed E-state index contributed by atoms with van der Waals surface area (Å²) in [6.07, 6.45) is 2.26. The molecule has 0 radical (unpaired) electrons. The van der Waals surface area contributed by atoms with Crippen molar-refractivity contribution in [3.63, 3.8) is 0 Å². The summed E-state index contributed by atoms with van der Waals surface area (Å²) in [7, 11) is 1.80. The van der Waals surface area contributed by atoms with E-state index in [2.05, 4.69) is 10.4 Å². The van der Waals surface area contributed by atoms with Crippen LogP contribution >= 0.6 is 0 Å². The largest absolute Gasteiger partial charge is 0.480 e. The first-order valence-electron chi connectivity index (χ1n) is 5.56. The molecule has 2 rings (SSSR count). The molecule has 2 N–H and O–H groups in total. The van der Waals surface area contributed by atoms with Crippen molar-refractivity contribution in [2.24, 2.45) is 7.05 Å². The van der Waals surface area contributed by atoms with E-state index in [1.54, 1.807) is 17.8 Å². The molecule has 92 valence electrons. The number of carboxylic acids is 1. The lowest BCUT2D eigenvalue weighted by molar-refractivity contribution is -0.138. The number of carbonyl (C=O) groups excluding carboxylic acids is 1. The molecule has 1 atom stereocenters. The van der Waals surface area contributed by atoms with E-state index in [0.717, 1.165) is 18.5 Å². The minimum absolute atomic E-state index is 0.280. The number of nitrogens with zero attached hydrogens (tertiary/aromatic N) is 2. The van der Waals surface area contributed by atoms with Gasteiger partial charge in [-0.2, -0.15) is 5.10 Å². The monoisotopic (exact) mass is 237 g/mol. The predicted molar refractivity (Wildman–Crippen MR) is 59.7 cm³/mol. The van der Waals surface area contributed by atoms with Crippen LogP contribution < -0.4 is 5.32 Å². The Balaban J connectivity index is 2.08. The summed E-state index contributed by atoms with van der Waals surface area (Å²) >= 11 is 0. The van der Waals surface area contributed by atoms with Crippen molar-refractivity contribution >= 4 is 11.9 Å². The molecular weight excluding hydrogens is 222 g/mol.